The van der Waals surface area contributed by atoms with Gasteiger partial charge in [-0.25, -0.2) is 4.79 Å². The number of allylic oxidation sites excluding steroid dienone is 2. The summed E-state index contributed by atoms with van der Waals surface area (Å²) in [5.74, 6) is -0.875. The van der Waals surface area contributed by atoms with Crippen LogP contribution in [0.1, 0.15) is 107 Å². The second kappa shape index (κ2) is 17.3. The molecule has 0 saturated heterocycles. The summed E-state index contributed by atoms with van der Waals surface area (Å²) in [6.45, 7) is 3.22. The van der Waals surface area contributed by atoms with Crippen molar-refractivity contribution in [3.05, 3.63) is 42.0 Å². The van der Waals surface area contributed by atoms with E-state index in [4.69, 9.17) is 5.11 Å². The van der Waals surface area contributed by atoms with Crippen LogP contribution in [0.2, 0.25) is 0 Å². The monoisotopic (exact) mass is 387 g/mol. The molecule has 1 aromatic rings. The summed E-state index contributed by atoms with van der Waals surface area (Å²) < 4.78 is 0. The highest BCUT2D eigenvalue weighted by Gasteiger charge is 2.01. The van der Waals surface area contributed by atoms with Crippen LogP contribution in [0.3, 0.4) is 0 Å². The molecule has 0 bridgehead atoms. The summed E-state index contributed by atoms with van der Waals surface area (Å²) in [6, 6.07) is 6.96. The molecule has 0 radical (unpaired) electrons. The van der Waals surface area contributed by atoms with Gasteiger partial charge in [-0.2, -0.15) is 0 Å². The van der Waals surface area contributed by atoms with E-state index in [0.29, 0.717) is 5.56 Å². The van der Waals surface area contributed by atoms with Crippen LogP contribution >= 0.6 is 0 Å². The van der Waals surface area contributed by atoms with Crippen molar-refractivity contribution in [3.63, 3.8) is 0 Å². The molecule has 0 saturated carbocycles. The van der Waals surface area contributed by atoms with E-state index in [0.717, 1.165) is 12.2 Å². The molecule has 0 amide bonds. The van der Waals surface area contributed by atoms with E-state index in [-0.39, 0.29) is 0 Å². The van der Waals surface area contributed by atoms with Gasteiger partial charge in [-0.05, 0) is 56.4 Å². The van der Waals surface area contributed by atoms with Gasteiger partial charge in [0.25, 0.3) is 0 Å². The Labute approximate surface area is 172 Å². The maximum atomic E-state index is 10.8. The first-order chi connectivity index (χ1) is 13.7. The Kier molecular flexibility index (Phi) is 15.0. The molecule has 0 heterocycles. The van der Waals surface area contributed by atoms with E-state index in [9.17, 15) is 4.79 Å². The van der Waals surface area contributed by atoms with E-state index >= 15 is 0 Å². The quantitative estimate of drug-likeness (QED) is 0.199. The largest absolute Gasteiger partial charge is 0.478 e. The molecule has 3 heteroatoms. The zero-order chi connectivity index (χ0) is 20.3. The fraction of sp³-hybridized carbons (Fsp3) is 0.640. The van der Waals surface area contributed by atoms with Gasteiger partial charge in [0, 0.05) is 12.2 Å². The average Bonchev–Trinajstić information content (AvgIpc) is 2.70. The second-order valence-corrected chi connectivity index (χ2v) is 7.75. The van der Waals surface area contributed by atoms with E-state index < -0.39 is 5.97 Å². The first-order valence-electron chi connectivity index (χ1n) is 11.5. The molecule has 0 unspecified atom stereocenters. The molecule has 1 rings (SSSR count). The maximum Gasteiger partial charge on any atom is 0.335 e. The molecular formula is C25H41NO2. The van der Waals surface area contributed by atoms with Crippen molar-refractivity contribution in [2.75, 3.05) is 11.9 Å². The van der Waals surface area contributed by atoms with Gasteiger partial charge in [0.1, 0.15) is 0 Å². The fourth-order valence-corrected chi connectivity index (χ4v) is 3.34. The smallest absolute Gasteiger partial charge is 0.335 e. The number of benzene rings is 1. The molecule has 0 aromatic heterocycles. The minimum Gasteiger partial charge on any atom is -0.478 e. The maximum absolute atomic E-state index is 10.8. The number of hydrogen-bond acceptors (Lipinski definition) is 2. The third kappa shape index (κ3) is 13.4. The number of nitrogens with one attached hydrogen (secondary N) is 1. The Hall–Kier alpha value is -1.77. The number of unbranched alkanes of at least 4 members (excludes halogenated alkanes) is 12. The fourth-order valence-electron chi connectivity index (χ4n) is 3.34. The van der Waals surface area contributed by atoms with Gasteiger partial charge in [0.15, 0.2) is 0 Å². The van der Waals surface area contributed by atoms with Gasteiger partial charge in [-0.3, -0.25) is 0 Å². The first kappa shape index (κ1) is 24.3. The molecule has 0 atom stereocenters. The molecule has 0 aliphatic heterocycles. The molecule has 28 heavy (non-hydrogen) atoms. The molecular weight excluding hydrogens is 346 g/mol. The summed E-state index contributed by atoms with van der Waals surface area (Å²) >= 11 is 0. The lowest BCUT2D eigenvalue weighted by molar-refractivity contribution is 0.0697. The van der Waals surface area contributed by atoms with E-state index in [2.05, 4.69) is 24.4 Å². The highest BCUT2D eigenvalue weighted by Crippen LogP contribution is 2.12. The summed E-state index contributed by atoms with van der Waals surface area (Å²) in [6.07, 6.45) is 23.3. The Bertz CT molecular complexity index is 522. The minimum atomic E-state index is -0.875. The second-order valence-electron chi connectivity index (χ2n) is 7.75. The van der Waals surface area contributed by atoms with Crippen molar-refractivity contribution in [2.45, 2.75) is 96.8 Å². The minimum absolute atomic E-state index is 0.336. The number of carboxylic acid groups (broad SMARTS) is 1. The highest BCUT2D eigenvalue weighted by molar-refractivity contribution is 5.87. The van der Waals surface area contributed by atoms with E-state index in [1.165, 1.54) is 89.9 Å². The molecule has 0 fully saturated rings. The molecule has 1 aromatic carbocycles. The summed E-state index contributed by atoms with van der Waals surface area (Å²) in [5.41, 5.74) is 1.33. The van der Waals surface area contributed by atoms with Crippen molar-refractivity contribution >= 4 is 11.7 Å². The van der Waals surface area contributed by atoms with Crippen LogP contribution in [0.25, 0.3) is 0 Å². The predicted octanol–water partition coefficient (Wildman–Crippen LogP) is 7.83. The van der Waals surface area contributed by atoms with Crippen LogP contribution in [0.15, 0.2) is 36.4 Å². The first-order valence-corrected chi connectivity index (χ1v) is 11.5. The molecule has 0 aliphatic rings. The number of rotatable bonds is 18. The summed E-state index contributed by atoms with van der Waals surface area (Å²) in [4.78, 5) is 10.8. The molecule has 158 valence electrons. The number of carboxylic acids is 1. The van der Waals surface area contributed by atoms with Gasteiger partial charge < -0.3 is 10.4 Å². The topological polar surface area (TPSA) is 49.3 Å². The Morgan fingerprint density at radius 1 is 0.786 bits per heavy atom. The normalized spacial score (nSPS) is 11.2. The molecule has 2 N–H and O–H groups in total. The summed E-state index contributed by atoms with van der Waals surface area (Å²) in [5, 5.41) is 12.2. The number of aromatic carboxylic acids is 1. The number of carbonyl (C=O) groups is 1. The van der Waals surface area contributed by atoms with Crippen LogP contribution in [0.4, 0.5) is 5.69 Å². The average molecular weight is 388 g/mol. The lowest BCUT2D eigenvalue weighted by atomic mass is 10.1. The van der Waals surface area contributed by atoms with Crippen molar-refractivity contribution in [3.8, 4) is 0 Å². The number of anilines is 1. The Balaban J connectivity index is 1.84. The van der Waals surface area contributed by atoms with Crippen molar-refractivity contribution in [1.29, 1.82) is 0 Å². The van der Waals surface area contributed by atoms with Gasteiger partial charge in [0.05, 0.1) is 5.56 Å². The van der Waals surface area contributed by atoms with Crippen LogP contribution in [0.5, 0.6) is 0 Å². The molecule has 0 spiro atoms. The van der Waals surface area contributed by atoms with E-state index in [1.54, 1.807) is 12.1 Å². The Morgan fingerprint density at radius 2 is 1.29 bits per heavy atom. The molecule has 0 aliphatic carbocycles. The lowest BCUT2D eigenvalue weighted by Crippen LogP contribution is -2.02. The number of hydrogen-bond donors (Lipinski definition) is 2. The zero-order valence-electron chi connectivity index (χ0n) is 17.9. The molecule has 3 nitrogen and oxygen atoms in total. The van der Waals surface area contributed by atoms with E-state index in [1.807, 2.05) is 12.1 Å². The lowest BCUT2D eigenvalue weighted by Gasteiger charge is -2.06. The van der Waals surface area contributed by atoms with Crippen LogP contribution < -0.4 is 5.32 Å². The third-order valence-corrected chi connectivity index (χ3v) is 5.15. The summed E-state index contributed by atoms with van der Waals surface area (Å²) in [7, 11) is 0. The van der Waals surface area contributed by atoms with Crippen molar-refractivity contribution < 1.29 is 9.90 Å². The Morgan fingerprint density at radius 3 is 1.82 bits per heavy atom. The standard InChI is InChI=1S/C25H41NO2/c1-2-3-4-5-6-7-8-9-10-11-12-13-14-15-16-17-22-26-24-20-18-23(19-21-24)25(27)28/h9-10,18-21,26H,2-8,11-17,22H2,1H3,(H,27,28)/b10-9-. The van der Waals surface area contributed by atoms with Crippen LogP contribution in [0, 0.1) is 0 Å². The van der Waals surface area contributed by atoms with Crippen molar-refractivity contribution in [2.24, 2.45) is 0 Å². The van der Waals surface area contributed by atoms with Crippen LogP contribution in [-0.4, -0.2) is 17.6 Å². The predicted molar refractivity (Wildman–Crippen MR) is 121 cm³/mol. The van der Waals surface area contributed by atoms with Gasteiger partial charge >= 0.3 is 5.97 Å². The van der Waals surface area contributed by atoms with Gasteiger partial charge in [-0.1, -0.05) is 76.9 Å². The van der Waals surface area contributed by atoms with Gasteiger partial charge in [0.2, 0.25) is 0 Å². The van der Waals surface area contributed by atoms with Crippen molar-refractivity contribution in [1.82, 2.24) is 0 Å². The SMILES string of the molecule is CCCCCCCC/C=C\CCCCCCCCNc1ccc(C(=O)O)cc1. The third-order valence-electron chi connectivity index (χ3n) is 5.15. The van der Waals surface area contributed by atoms with Gasteiger partial charge in [-0.15, -0.1) is 0 Å². The highest BCUT2D eigenvalue weighted by atomic mass is 16.4. The van der Waals surface area contributed by atoms with Crippen LogP contribution in [-0.2, 0) is 0 Å². The zero-order valence-corrected chi connectivity index (χ0v) is 17.9.